The monoisotopic (exact) mass is 293 g/mol. The highest BCUT2D eigenvalue weighted by Crippen LogP contribution is 2.22. The molecule has 0 saturated heterocycles. The second-order valence-electron chi connectivity index (χ2n) is 4.73. The summed E-state index contributed by atoms with van der Waals surface area (Å²) >= 11 is 5.94. The summed E-state index contributed by atoms with van der Waals surface area (Å²) in [6.07, 6.45) is 1.22. The number of halogens is 2. The molecule has 0 bridgehead atoms. The molecule has 1 atom stereocenters. The van der Waals surface area contributed by atoms with Crippen LogP contribution in [0.2, 0.25) is 5.02 Å². The van der Waals surface area contributed by atoms with E-state index in [4.69, 9.17) is 22.1 Å². The SMILES string of the molecule is COc1cccc(CC(N)Cc2cccc(F)c2Cl)c1. The topological polar surface area (TPSA) is 35.2 Å². The molecule has 20 heavy (non-hydrogen) atoms. The summed E-state index contributed by atoms with van der Waals surface area (Å²) in [5.41, 5.74) is 7.95. The van der Waals surface area contributed by atoms with Gasteiger partial charge in [0, 0.05) is 6.04 Å². The second-order valence-corrected chi connectivity index (χ2v) is 5.11. The van der Waals surface area contributed by atoms with Gasteiger partial charge in [-0.1, -0.05) is 35.9 Å². The van der Waals surface area contributed by atoms with Crippen molar-refractivity contribution in [2.24, 2.45) is 5.73 Å². The van der Waals surface area contributed by atoms with Crippen molar-refractivity contribution in [3.63, 3.8) is 0 Å². The van der Waals surface area contributed by atoms with E-state index in [9.17, 15) is 4.39 Å². The van der Waals surface area contributed by atoms with Crippen LogP contribution in [0, 0.1) is 5.82 Å². The van der Waals surface area contributed by atoms with Crippen LogP contribution in [-0.4, -0.2) is 13.2 Å². The molecule has 0 aliphatic carbocycles. The molecule has 1 unspecified atom stereocenters. The van der Waals surface area contributed by atoms with Crippen LogP contribution < -0.4 is 10.5 Å². The van der Waals surface area contributed by atoms with E-state index in [1.165, 1.54) is 6.07 Å². The molecule has 0 heterocycles. The lowest BCUT2D eigenvalue weighted by atomic mass is 9.99. The van der Waals surface area contributed by atoms with Gasteiger partial charge in [-0.2, -0.15) is 0 Å². The summed E-state index contributed by atoms with van der Waals surface area (Å²) in [6.45, 7) is 0. The molecule has 2 rings (SSSR count). The van der Waals surface area contributed by atoms with Crippen LogP contribution in [0.5, 0.6) is 5.75 Å². The Morgan fingerprint density at radius 3 is 2.70 bits per heavy atom. The highest BCUT2D eigenvalue weighted by Gasteiger charge is 2.11. The summed E-state index contributed by atoms with van der Waals surface area (Å²) in [5, 5.41) is 0.161. The quantitative estimate of drug-likeness (QED) is 0.914. The molecule has 2 aromatic carbocycles. The third-order valence-corrected chi connectivity index (χ3v) is 3.57. The van der Waals surface area contributed by atoms with Gasteiger partial charge in [-0.25, -0.2) is 4.39 Å². The van der Waals surface area contributed by atoms with E-state index in [1.807, 2.05) is 24.3 Å². The maximum atomic E-state index is 13.4. The number of hydrogen-bond acceptors (Lipinski definition) is 2. The number of nitrogens with two attached hydrogens (primary N) is 1. The zero-order chi connectivity index (χ0) is 14.5. The van der Waals surface area contributed by atoms with E-state index >= 15 is 0 Å². The third kappa shape index (κ3) is 3.71. The fourth-order valence-electron chi connectivity index (χ4n) is 2.16. The minimum Gasteiger partial charge on any atom is -0.497 e. The van der Waals surface area contributed by atoms with Gasteiger partial charge >= 0.3 is 0 Å². The Balaban J connectivity index is 2.05. The third-order valence-electron chi connectivity index (χ3n) is 3.15. The Morgan fingerprint density at radius 2 is 1.95 bits per heavy atom. The average molecular weight is 294 g/mol. The van der Waals surface area contributed by atoms with Gasteiger partial charge in [0.05, 0.1) is 12.1 Å². The smallest absolute Gasteiger partial charge is 0.142 e. The minimum absolute atomic E-state index is 0.124. The van der Waals surface area contributed by atoms with E-state index in [0.29, 0.717) is 12.8 Å². The predicted octanol–water partition coefficient (Wildman–Crippen LogP) is 3.60. The van der Waals surface area contributed by atoms with E-state index in [0.717, 1.165) is 16.9 Å². The molecule has 106 valence electrons. The lowest BCUT2D eigenvalue weighted by Crippen LogP contribution is -2.25. The largest absolute Gasteiger partial charge is 0.497 e. The van der Waals surface area contributed by atoms with Crippen LogP contribution >= 0.6 is 11.6 Å². The zero-order valence-corrected chi connectivity index (χ0v) is 12.0. The molecule has 0 radical (unpaired) electrons. The normalized spacial score (nSPS) is 12.2. The summed E-state index contributed by atoms with van der Waals surface area (Å²) in [5.74, 6) is 0.399. The highest BCUT2D eigenvalue weighted by atomic mass is 35.5. The Hall–Kier alpha value is -1.58. The minimum atomic E-state index is -0.405. The standard InChI is InChI=1S/C16H17ClFNO/c1-20-14-6-2-4-11(9-14)8-13(19)10-12-5-3-7-15(18)16(12)17/h2-7,9,13H,8,10,19H2,1H3. The van der Waals surface area contributed by atoms with Crippen LogP contribution in [0.15, 0.2) is 42.5 Å². The van der Waals surface area contributed by atoms with Crippen molar-refractivity contribution in [2.75, 3.05) is 7.11 Å². The van der Waals surface area contributed by atoms with Crippen molar-refractivity contribution in [1.82, 2.24) is 0 Å². The summed E-state index contributed by atoms with van der Waals surface area (Å²) in [6, 6.07) is 12.4. The van der Waals surface area contributed by atoms with Crippen LogP contribution in [-0.2, 0) is 12.8 Å². The van der Waals surface area contributed by atoms with Crippen molar-refractivity contribution in [3.8, 4) is 5.75 Å². The number of hydrogen-bond donors (Lipinski definition) is 1. The lowest BCUT2D eigenvalue weighted by molar-refractivity contribution is 0.414. The van der Waals surface area contributed by atoms with Gasteiger partial charge in [0.25, 0.3) is 0 Å². The van der Waals surface area contributed by atoms with Gasteiger partial charge in [0.2, 0.25) is 0 Å². The summed E-state index contributed by atoms with van der Waals surface area (Å²) < 4.78 is 18.5. The van der Waals surface area contributed by atoms with E-state index in [1.54, 1.807) is 19.2 Å². The van der Waals surface area contributed by atoms with Crippen molar-refractivity contribution < 1.29 is 9.13 Å². The van der Waals surface area contributed by atoms with Crippen LogP contribution in [0.1, 0.15) is 11.1 Å². The van der Waals surface area contributed by atoms with Crippen molar-refractivity contribution in [2.45, 2.75) is 18.9 Å². The second kappa shape index (κ2) is 6.73. The maximum absolute atomic E-state index is 13.4. The van der Waals surface area contributed by atoms with Gasteiger partial charge in [-0.3, -0.25) is 0 Å². The zero-order valence-electron chi connectivity index (χ0n) is 11.3. The summed E-state index contributed by atoms with van der Waals surface area (Å²) in [7, 11) is 1.63. The van der Waals surface area contributed by atoms with Crippen molar-refractivity contribution >= 4 is 11.6 Å². The Bertz CT molecular complexity index is 588. The molecular formula is C16H17ClFNO. The number of methoxy groups -OCH3 is 1. The van der Waals surface area contributed by atoms with Crippen LogP contribution in [0.4, 0.5) is 4.39 Å². The molecular weight excluding hydrogens is 277 g/mol. The van der Waals surface area contributed by atoms with Gasteiger partial charge in [-0.15, -0.1) is 0 Å². The fourth-order valence-corrected chi connectivity index (χ4v) is 2.37. The first-order valence-corrected chi connectivity index (χ1v) is 6.79. The molecule has 0 fully saturated rings. The van der Waals surface area contributed by atoms with Gasteiger partial charge < -0.3 is 10.5 Å². The first kappa shape index (κ1) is 14.8. The first-order valence-electron chi connectivity index (χ1n) is 6.41. The molecule has 2 N–H and O–H groups in total. The van der Waals surface area contributed by atoms with Gasteiger partial charge in [-0.05, 0) is 42.2 Å². The highest BCUT2D eigenvalue weighted by molar-refractivity contribution is 6.31. The Kier molecular flexibility index (Phi) is 4.99. The Morgan fingerprint density at radius 1 is 1.20 bits per heavy atom. The molecule has 4 heteroatoms. The predicted molar refractivity (Wildman–Crippen MR) is 79.8 cm³/mol. The lowest BCUT2D eigenvalue weighted by Gasteiger charge is -2.13. The van der Waals surface area contributed by atoms with Crippen LogP contribution in [0.3, 0.4) is 0 Å². The molecule has 0 saturated carbocycles. The van der Waals surface area contributed by atoms with E-state index < -0.39 is 5.82 Å². The van der Waals surface area contributed by atoms with Crippen molar-refractivity contribution in [1.29, 1.82) is 0 Å². The molecule has 0 aliphatic heterocycles. The fraction of sp³-hybridized carbons (Fsp3) is 0.250. The molecule has 0 amide bonds. The molecule has 0 aliphatic rings. The Labute approximate surface area is 123 Å². The molecule has 2 nitrogen and oxygen atoms in total. The molecule has 2 aromatic rings. The van der Waals surface area contributed by atoms with Crippen molar-refractivity contribution in [3.05, 3.63) is 64.4 Å². The average Bonchev–Trinajstić information content (AvgIpc) is 2.44. The first-order chi connectivity index (χ1) is 9.60. The number of ether oxygens (including phenoxy) is 1. The number of rotatable bonds is 5. The summed E-state index contributed by atoms with van der Waals surface area (Å²) in [4.78, 5) is 0. The number of benzene rings is 2. The van der Waals surface area contributed by atoms with Gasteiger partial charge in [0.15, 0.2) is 0 Å². The van der Waals surface area contributed by atoms with E-state index in [-0.39, 0.29) is 11.1 Å². The molecule has 0 aromatic heterocycles. The van der Waals surface area contributed by atoms with Gasteiger partial charge in [0.1, 0.15) is 11.6 Å². The maximum Gasteiger partial charge on any atom is 0.142 e. The molecule has 0 spiro atoms. The van der Waals surface area contributed by atoms with Crippen LogP contribution in [0.25, 0.3) is 0 Å². The van der Waals surface area contributed by atoms with E-state index in [2.05, 4.69) is 0 Å².